The predicted molar refractivity (Wildman–Crippen MR) is 84.6 cm³/mol. The molecule has 1 fully saturated rings. The molecule has 0 bridgehead atoms. The average Bonchev–Trinajstić information content (AvgIpc) is 3.00. The van der Waals surface area contributed by atoms with E-state index in [1.165, 1.54) is 5.69 Å². The smallest absolute Gasteiger partial charge is 0.410 e. The van der Waals surface area contributed by atoms with Crippen LogP contribution in [0.15, 0.2) is 18.3 Å². The van der Waals surface area contributed by atoms with Gasteiger partial charge in [0.2, 0.25) is 0 Å². The molecule has 124 valence electrons. The van der Waals surface area contributed by atoms with Crippen LogP contribution in [-0.2, 0) is 23.1 Å². The summed E-state index contributed by atoms with van der Waals surface area (Å²) in [7, 11) is 3.70. The van der Waals surface area contributed by atoms with Crippen LogP contribution >= 0.6 is 0 Å². The van der Waals surface area contributed by atoms with E-state index in [9.17, 15) is 4.79 Å². The van der Waals surface area contributed by atoms with Crippen LogP contribution in [0.25, 0.3) is 0 Å². The fourth-order valence-corrected chi connectivity index (χ4v) is 2.60. The molecule has 2 heterocycles. The molecule has 0 saturated carbocycles. The molecule has 1 aromatic rings. The molecule has 6 nitrogen and oxygen atoms in total. The number of hydrogen-bond donors (Lipinski definition) is 1. The lowest BCUT2D eigenvalue weighted by molar-refractivity contribution is 0.0252. The van der Waals surface area contributed by atoms with E-state index in [-0.39, 0.29) is 18.2 Å². The highest BCUT2D eigenvalue weighted by atomic mass is 16.6. The largest absolute Gasteiger partial charge is 0.444 e. The van der Waals surface area contributed by atoms with E-state index in [0.29, 0.717) is 13.1 Å². The number of hydrogen-bond acceptors (Lipinski definition) is 4. The third-order valence-electron chi connectivity index (χ3n) is 3.82. The van der Waals surface area contributed by atoms with Gasteiger partial charge in [0.25, 0.3) is 0 Å². The number of ether oxygens (including phenoxy) is 2. The number of methoxy groups -OCH3 is 1. The summed E-state index contributed by atoms with van der Waals surface area (Å²) >= 11 is 0. The number of amides is 1. The minimum absolute atomic E-state index is 0.0206. The molecule has 0 spiro atoms. The molecule has 0 radical (unpaired) electrons. The minimum atomic E-state index is -0.478. The van der Waals surface area contributed by atoms with Gasteiger partial charge in [0.1, 0.15) is 5.60 Å². The van der Waals surface area contributed by atoms with Crippen LogP contribution in [-0.4, -0.2) is 53.5 Å². The Bertz CT molecular complexity index is 507. The maximum atomic E-state index is 12.2. The minimum Gasteiger partial charge on any atom is -0.444 e. The van der Waals surface area contributed by atoms with Crippen LogP contribution in [0.1, 0.15) is 26.5 Å². The van der Waals surface area contributed by atoms with E-state index in [4.69, 9.17) is 9.47 Å². The number of aromatic nitrogens is 1. The Labute approximate surface area is 132 Å². The van der Waals surface area contributed by atoms with Gasteiger partial charge in [-0.3, -0.25) is 0 Å². The summed E-state index contributed by atoms with van der Waals surface area (Å²) in [5.74, 6) is 0. The molecule has 2 atom stereocenters. The first kappa shape index (κ1) is 16.8. The Kier molecular flexibility index (Phi) is 5.13. The number of aryl methyl sites for hydroxylation is 1. The van der Waals surface area contributed by atoms with Crippen molar-refractivity contribution in [1.82, 2.24) is 14.8 Å². The van der Waals surface area contributed by atoms with Gasteiger partial charge in [-0.1, -0.05) is 0 Å². The standard InChI is InChI=1S/C16H27N3O3/c1-16(2,3)22-15(20)19-10-13(14(11-19)21-5)17-9-12-7-6-8-18(12)4/h6-8,13-14,17H,9-11H2,1-5H3/t13-,14+/m1/s1. The lowest BCUT2D eigenvalue weighted by atomic mass is 10.2. The third kappa shape index (κ3) is 4.24. The fourth-order valence-electron chi connectivity index (χ4n) is 2.60. The van der Waals surface area contributed by atoms with Gasteiger partial charge >= 0.3 is 6.09 Å². The van der Waals surface area contributed by atoms with E-state index >= 15 is 0 Å². The second-order valence-corrected chi connectivity index (χ2v) is 6.76. The summed E-state index contributed by atoms with van der Waals surface area (Å²) in [6, 6.07) is 4.20. The average molecular weight is 309 g/mol. The molecule has 22 heavy (non-hydrogen) atoms. The van der Waals surface area contributed by atoms with Crippen LogP contribution in [0.5, 0.6) is 0 Å². The van der Waals surface area contributed by atoms with Gasteiger partial charge in [0.15, 0.2) is 0 Å². The van der Waals surface area contributed by atoms with Gasteiger partial charge < -0.3 is 24.3 Å². The summed E-state index contributed by atoms with van der Waals surface area (Å²) in [6.45, 7) is 7.52. The number of carbonyl (C=O) groups is 1. The van der Waals surface area contributed by atoms with Crippen molar-refractivity contribution in [2.24, 2.45) is 7.05 Å². The van der Waals surface area contributed by atoms with Crippen molar-refractivity contribution in [2.75, 3.05) is 20.2 Å². The molecule has 0 aromatic carbocycles. The quantitative estimate of drug-likeness (QED) is 0.920. The van der Waals surface area contributed by atoms with Gasteiger partial charge in [0, 0.05) is 39.1 Å². The number of carbonyl (C=O) groups excluding carboxylic acids is 1. The van der Waals surface area contributed by atoms with Crippen LogP contribution in [0.3, 0.4) is 0 Å². The summed E-state index contributed by atoms with van der Waals surface area (Å²) in [6.07, 6.45) is 1.72. The van der Waals surface area contributed by atoms with E-state index in [0.717, 1.165) is 6.54 Å². The SMILES string of the molecule is CO[C@H]1CN(C(=O)OC(C)(C)C)C[C@H]1NCc1cccn1C. The number of nitrogens with one attached hydrogen (secondary N) is 1. The zero-order valence-corrected chi connectivity index (χ0v) is 14.1. The molecule has 1 saturated heterocycles. The second kappa shape index (κ2) is 6.71. The van der Waals surface area contributed by atoms with Crippen molar-refractivity contribution in [2.45, 2.75) is 45.1 Å². The van der Waals surface area contributed by atoms with Gasteiger partial charge in [-0.15, -0.1) is 0 Å². The zero-order chi connectivity index (χ0) is 16.3. The molecule has 2 rings (SSSR count). The Balaban J connectivity index is 1.92. The molecular weight excluding hydrogens is 282 g/mol. The Morgan fingerprint density at radius 3 is 2.68 bits per heavy atom. The van der Waals surface area contributed by atoms with Gasteiger partial charge in [-0.2, -0.15) is 0 Å². The molecule has 1 aliphatic heterocycles. The van der Waals surface area contributed by atoms with Gasteiger partial charge in [-0.25, -0.2) is 4.79 Å². The molecule has 1 aromatic heterocycles. The number of rotatable bonds is 4. The Hall–Kier alpha value is -1.53. The number of likely N-dealkylation sites (tertiary alicyclic amines) is 1. The zero-order valence-electron chi connectivity index (χ0n) is 14.1. The second-order valence-electron chi connectivity index (χ2n) is 6.76. The normalized spacial score (nSPS) is 22.1. The van der Waals surface area contributed by atoms with Crippen molar-refractivity contribution < 1.29 is 14.3 Å². The topological polar surface area (TPSA) is 55.7 Å². The highest BCUT2D eigenvalue weighted by Crippen LogP contribution is 2.18. The lowest BCUT2D eigenvalue weighted by Crippen LogP contribution is -2.40. The van der Waals surface area contributed by atoms with Crippen molar-refractivity contribution in [3.8, 4) is 0 Å². The van der Waals surface area contributed by atoms with Crippen LogP contribution in [0.4, 0.5) is 4.79 Å². The first-order chi connectivity index (χ1) is 10.3. The van der Waals surface area contributed by atoms with Crippen molar-refractivity contribution >= 4 is 6.09 Å². The molecule has 1 aliphatic rings. The predicted octanol–water partition coefficient (Wildman–Crippen LogP) is 1.75. The van der Waals surface area contributed by atoms with E-state index in [1.54, 1.807) is 12.0 Å². The Morgan fingerprint density at radius 2 is 2.14 bits per heavy atom. The van der Waals surface area contributed by atoms with Gasteiger partial charge in [0.05, 0.1) is 18.7 Å². The highest BCUT2D eigenvalue weighted by molar-refractivity contribution is 5.68. The van der Waals surface area contributed by atoms with E-state index in [1.807, 2.05) is 40.1 Å². The summed E-state index contributed by atoms with van der Waals surface area (Å²) in [4.78, 5) is 13.9. The van der Waals surface area contributed by atoms with Crippen molar-refractivity contribution in [3.63, 3.8) is 0 Å². The maximum absolute atomic E-state index is 12.2. The monoisotopic (exact) mass is 309 g/mol. The van der Waals surface area contributed by atoms with E-state index < -0.39 is 5.60 Å². The first-order valence-electron chi connectivity index (χ1n) is 7.64. The summed E-state index contributed by atoms with van der Waals surface area (Å²) in [5.41, 5.74) is 0.722. The number of nitrogens with zero attached hydrogens (tertiary/aromatic N) is 2. The molecule has 0 unspecified atom stereocenters. The van der Waals surface area contributed by atoms with Crippen LogP contribution < -0.4 is 5.32 Å². The third-order valence-corrected chi connectivity index (χ3v) is 3.82. The van der Waals surface area contributed by atoms with E-state index in [2.05, 4.69) is 16.0 Å². The van der Waals surface area contributed by atoms with Crippen molar-refractivity contribution in [3.05, 3.63) is 24.0 Å². The molecule has 0 aliphatic carbocycles. The molecule has 6 heteroatoms. The Morgan fingerprint density at radius 1 is 1.41 bits per heavy atom. The fraction of sp³-hybridized carbons (Fsp3) is 0.688. The molecular formula is C16H27N3O3. The first-order valence-corrected chi connectivity index (χ1v) is 7.64. The molecule has 1 N–H and O–H groups in total. The lowest BCUT2D eigenvalue weighted by Gasteiger charge is -2.24. The summed E-state index contributed by atoms with van der Waals surface area (Å²) < 4.78 is 13.0. The van der Waals surface area contributed by atoms with Crippen LogP contribution in [0.2, 0.25) is 0 Å². The highest BCUT2D eigenvalue weighted by Gasteiger charge is 2.37. The maximum Gasteiger partial charge on any atom is 0.410 e. The molecule has 1 amide bonds. The van der Waals surface area contributed by atoms with Crippen LogP contribution in [0, 0.1) is 0 Å². The van der Waals surface area contributed by atoms with Gasteiger partial charge in [-0.05, 0) is 32.9 Å². The summed E-state index contributed by atoms with van der Waals surface area (Å²) in [5, 5.41) is 3.48. The van der Waals surface area contributed by atoms with Crippen molar-refractivity contribution in [1.29, 1.82) is 0 Å².